The van der Waals surface area contributed by atoms with Gasteiger partial charge in [-0.05, 0) is 31.2 Å². The third-order valence-electron chi connectivity index (χ3n) is 3.73. The highest BCUT2D eigenvalue weighted by molar-refractivity contribution is 7.89. The number of nitrogens with one attached hydrogen (secondary N) is 2. The van der Waals surface area contributed by atoms with Gasteiger partial charge in [-0.15, -0.1) is 0 Å². The van der Waals surface area contributed by atoms with Crippen LogP contribution in [0.2, 0.25) is 0 Å². The van der Waals surface area contributed by atoms with E-state index >= 15 is 0 Å². The van der Waals surface area contributed by atoms with Gasteiger partial charge < -0.3 is 20.2 Å². The normalized spacial score (nSPS) is 11.7. The van der Waals surface area contributed by atoms with Crippen molar-refractivity contribution in [3.8, 4) is 5.75 Å². The molecule has 0 aliphatic heterocycles. The summed E-state index contributed by atoms with van der Waals surface area (Å²) < 4.78 is 39.5. The maximum Gasteiger partial charge on any atom is 0.246 e. The van der Waals surface area contributed by atoms with Crippen molar-refractivity contribution in [2.75, 3.05) is 24.7 Å². The number of hydrogen-bond acceptors (Lipinski definition) is 9. The van der Waals surface area contributed by atoms with E-state index in [2.05, 4.69) is 19.4 Å². The average Bonchev–Trinajstić information content (AvgIpc) is 3.23. The van der Waals surface area contributed by atoms with Crippen LogP contribution in [0, 0.1) is 6.92 Å². The first-order valence-electron chi connectivity index (χ1n) is 7.92. The number of phenolic OH excluding ortho intramolecular Hbond substituents is 1. The fourth-order valence-corrected chi connectivity index (χ4v) is 3.78. The molecule has 0 saturated heterocycles. The van der Waals surface area contributed by atoms with Crippen LogP contribution in [0.5, 0.6) is 5.75 Å². The summed E-state index contributed by atoms with van der Waals surface area (Å²) in [7, 11) is -0.980. The predicted molar refractivity (Wildman–Crippen MR) is 103 cm³/mol. The Kier molecular flexibility index (Phi) is 5.35. The zero-order valence-corrected chi connectivity index (χ0v) is 16.6. The molecular formula is C16H19N5O4S2. The second-order valence-electron chi connectivity index (χ2n) is 5.89. The molecule has 3 rings (SSSR count). The SMILES string of the molecule is Cc1ccc(CNc2nsnc2Nc2cccc(S(=O)(=O)N(C)C)c2O)o1. The fraction of sp³-hybridized carbons (Fsp3) is 0.250. The number of aryl methyl sites for hydroxylation is 1. The van der Waals surface area contributed by atoms with Crippen molar-refractivity contribution in [1.82, 2.24) is 13.1 Å². The third kappa shape index (κ3) is 4.04. The molecule has 3 N–H and O–H groups in total. The zero-order chi connectivity index (χ0) is 19.6. The minimum Gasteiger partial charge on any atom is -0.504 e. The molecule has 0 atom stereocenters. The summed E-state index contributed by atoms with van der Waals surface area (Å²) in [5.74, 6) is 2.01. The first-order valence-corrected chi connectivity index (χ1v) is 10.1. The lowest BCUT2D eigenvalue weighted by atomic mass is 10.3. The van der Waals surface area contributed by atoms with Crippen molar-refractivity contribution in [2.45, 2.75) is 18.4 Å². The monoisotopic (exact) mass is 409 g/mol. The standard InChI is InChI=1S/C16H19N5O4S2/c1-10-7-8-11(25-10)9-17-15-16(20-26-19-15)18-12-5-4-6-13(14(12)22)27(23,24)21(2)3/h4-8,22H,9H2,1-3H3,(H,17,19)(H,18,20). The van der Waals surface area contributed by atoms with Crippen LogP contribution in [0.15, 0.2) is 39.6 Å². The fourth-order valence-electron chi connectivity index (χ4n) is 2.29. The van der Waals surface area contributed by atoms with Crippen LogP contribution in [-0.4, -0.2) is 40.7 Å². The van der Waals surface area contributed by atoms with Gasteiger partial charge in [0.1, 0.15) is 16.4 Å². The van der Waals surface area contributed by atoms with Gasteiger partial charge in [0, 0.05) is 14.1 Å². The van der Waals surface area contributed by atoms with Crippen LogP contribution in [0.4, 0.5) is 17.3 Å². The second-order valence-corrected chi connectivity index (χ2v) is 8.54. The van der Waals surface area contributed by atoms with Crippen LogP contribution < -0.4 is 10.6 Å². The molecule has 27 heavy (non-hydrogen) atoms. The summed E-state index contributed by atoms with van der Waals surface area (Å²) in [6.07, 6.45) is 0. The zero-order valence-electron chi connectivity index (χ0n) is 14.9. The van der Waals surface area contributed by atoms with E-state index < -0.39 is 10.0 Å². The maximum atomic E-state index is 12.3. The molecule has 0 amide bonds. The highest BCUT2D eigenvalue weighted by Crippen LogP contribution is 2.35. The van der Waals surface area contributed by atoms with Crippen molar-refractivity contribution in [3.63, 3.8) is 0 Å². The second kappa shape index (κ2) is 7.55. The number of anilines is 3. The van der Waals surface area contributed by atoms with E-state index in [0.717, 1.165) is 27.6 Å². The third-order valence-corrected chi connectivity index (χ3v) is 6.10. The molecule has 11 heteroatoms. The molecule has 0 unspecified atom stereocenters. The molecule has 0 saturated carbocycles. The van der Waals surface area contributed by atoms with E-state index in [-0.39, 0.29) is 16.3 Å². The van der Waals surface area contributed by atoms with Gasteiger partial charge in [-0.2, -0.15) is 8.75 Å². The molecule has 0 aliphatic rings. The Morgan fingerprint density at radius 2 is 1.93 bits per heavy atom. The molecule has 0 spiro atoms. The maximum absolute atomic E-state index is 12.3. The number of nitrogens with zero attached hydrogens (tertiary/aromatic N) is 3. The average molecular weight is 409 g/mol. The number of hydrogen-bond donors (Lipinski definition) is 3. The Hall–Kier alpha value is -2.63. The molecule has 0 bridgehead atoms. The van der Waals surface area contributed by atoms with Crippen LogP contribution in [0.3, 0.4) is 0 Å². The van der Waals surface area contributed by atoms with Crippen molar-refractivity contribution in [3.05, 3.63) is 41.9 Å². The first kappa shape index (κ1) is 19.1. The summed E-state index contributed by atoms with van der Waals surface area (Å²) in [6, 6.07) is 8.16. The lowest BCUT2D eigenvalue weighted by Crippen LogP contribution is -2.22. The van der Waals surface area contributed by atoms with Crippen molar-refractivity contribution in [2.24, 2.45) is 0 Å². The van der Waals surface area contributed by atoms with Gasteiger partial charge in [-0.3, -0.25) is 0 Å². The van der Waals surface area contributed by atoms with Crippen molar-refractivity contribution >= 4 is 39.1 Å². The first-order chi connectivity index (χ1) is 12.8. The van der Waals surface area contributed by atoms with E-state index in [1.54, 1.807) is 6.07 Å². The Morgan fingerprint density at radius 3 is 2.59 bits per heavy atom. The molecule has 0 radical (unpaired) electrons. The molecule has 0 fully saturated rings. The summed E-state index contributed by atoms with van der Waals surface area (Å²) >= 11 is 0.983. The molecule has 3 aromatic rings. The minimum absolute atomic E-state index is 0.193. The number of aromatic hydroxyl groups is 1. The molecule has 2 aromatic heterocycles. The lowest BCUT2D eigenvalue weighted by Gasteiger charge is -2.15. The number of benzene rings is 1. The topological polar surface area (TPSA) is 121 Å². The molecule has 2 heterocycles. The molecular weight excluding hydrogens is 390 g/mol. The number of sulfonamides is 1. The number of aromatic nitrogens is 2. The van der Waals surface area contributed by atoms with Gasteiger partial charge in [-0.1, -0.05) is 6.07 Å². The number of furan rings is 1. The van der Waals surface area contributed by atoms with E-state index in [4.69, 9.17) is 4.42 Å². The summed E-state index contributed by atoms with van der Waals surface area (Å²) in [6.45, 7) is 2.27. The highest BCUT2D eigenvalue weighted by Gasteiger charge is 2.23. The Bertz CT molecular complexity index is 1040. The summed E-state index contributed by atoms with van der Waals surface area (Å²) in [5.41, 5.74) is 0.211. The van der Waals surface area contributed by atoms with Gasteiger partial charge in [-0.25, -0.2) is 12.7 Å². The van der Waals surface area contributed by atoms with Crippen LogP contribution >= 0.6 is 11.7 Å². The van der Waals surface area contributed by atoms with E-state index in [1.165, 1.54) is 26.2 Å². The lowest BCUT2D eigenvalue weighted by molar-refractivity contribution is 0.454. The minimum atomic E-state index is -3.78. The smallest absolute Gasteiger partial charge is 0.246 e. The predicted octanol–water partition coefficient (Wildman–Crippen LogP) is 2.75. The Morgan fingerprint density at radius 1 is 1.19 bits per heavy atom. The molecule has 144 valence electrons. The van der Waals surface area contributed by atoms with Crippen LogP contribution in [0.25, 0.3) is 0 Å². The van der Waals surface area contributed by atoms with Crippen molar-refractivity contribution < 1.29 is 17.9 Å². The number of phenols is 1. The van der Waals surface area contributed by atoms with Gasteiger partial charge >= 0.3 is 0 Å². The highest BCUT2D eigenvalue weighted by atomic mass is 32.2. The quantitative estimate of drug-likeness (QED) is 0.510. The van der Waals surface area contributed by atoms with E-state index in [1.807, 2.05) is 19.1 Å². The largest absolute Gasteiger partial charge is 0.504 e. The van der Waals surface area contributed by atoms with Gasteiger partial charge in [0.15, 0.2) is 17.4 Å². The number of rotatable bonds is 7. The Labute approximate surface area is 161 Å². The Balaban J connectivity index is 1.82. The van der Waals surface area contributed by atoms with Gasteiger partial charge in [0.05, 0.1) is 24.0 Å². The van der Waals surface area contributed by atoms with Crippen LogP contribution in [0.1, 0.15) is 11.5 Å². The summed E-state index contributed by atoms with van der Waals surface area (Å²) in [4.78, 5) is -0.193. The molecule has 0 aliphatic carbocycles. The molecule has 1 aromatic carbocycles. The van der Waals surface area contributed by atoms with Crippen molar-refractivity contribution in [1.29, 1.82) is 0 Å². The van der Waals surface area contributed by atoms with Gasteiger partial charge in [0.2, 0.25) is 10.0 Å². The van der Waals surface area contributed by atoms with E-state index in [0.29, 0.717) is 18.2 Å². The van der Waals surface area contributed by atoms with E-state index in [9.17, 15) is 13.5 Å². The van der Waals surface area contributed by atoms with Gasteiger partial charge in [0.25, 0.3) is 0 Å². The van der Waals surface area contributed by atoms with Crippen LogP contribution in [-0.2, 0) is 16.6 Å². The molecule has 9 nitrogen and oxygen atoms in total. The number of para-hydroxylation sites is 1. The summed E-state index contributed by atoms with van der Waals surface area (Å²) in [5, 5.41) is 16.4.